The first-order chi connectivity index (χ1) is 9.79. The normalized spacial score (nSPS) is 11.5. The Morgan fingerprint density at radius 3 is 2.29 bits per heavy atom. The zero-order valence-corrected chi connectivity index (χ0v) is 11.7. The van der Waals surface area contributed by atoms with Crippen molar-refractivity contribution in [3.63, 3.8) is 0 Å². The fraction of sp³-hybridized carbons (Fsp3) is 0.267. The second-order valence-corrected chi connectivity index (χ2v) is 4.85. The van der Waals surface area contributed by atoms with Crippen LogP contribution in [0.15, 0.2) is 42.6 Å². The third kappa shape index (κ3) is 3.45. The number of aryl methyl sites for hydroxylation is 1. The van der Waals surface area contributed by atoms with Gasteiger partial charge < -0.3 is 9.47 Å². The SMILES string of the molecule is CN(Cc1cccn1C)C(=O)c1ccc(C(F)(F)F)cc1. The molecule has 1 aromatic heterocycles. The fourth-order valence-corrected chi connectivity index (χ4v) is 2.00. The molecule has 1 amide bonds. The number of benzene rings is 1. The molecule has 2 aromatic rings. The minimum Gasteiger partial charge on any atom is -0.353 e. The summed E-state index contributed by atoms with van der Waals surface area (Å²) >= 11 is 0. The molecule has 0 saturated heterocycles. The van der Waals surface area contributed by atoms with E-state index in [4.69, 9.17) is 0 Å². The van der Waals surface area contributed by atoms with E-state index in [9.17, 15) is 18.0 Å². The van der Waals surface area contributed by atoms with Gasteiger partial charge >= 0.3 is 6.18 Å². The van der Waals surface area contributed by atoms with Crippen LogP contribution in [0.1, 0.15) is 21.6 Å². The van der Waals surface area contributed by atoms with E-state index in [0.29, 0.717) is 6.54 Å². The number of carbonyl (C=O) groups is 1. The van der Waals surface area contributed by atoms with E-state index in [1.54, 1.807) is 7.05 Å². The molecule has 0 saturated carbocycles. The Hall–Kier alpha value is -2.24. The van der Waals surface area contributed by atoms with Crippen LogP contribution in [0, 0.1) is 0 Å². The number of nitrogens with zero attached hydrogens (tertiary/aromatic N) is 2. The van der Waals surface area contributed by atoms with Crippen molar-refractivity contribution in [1.29, 1.82) is 0 Å². The van der Waals surface area contributed by atoms with Crippen LogP contribution in [0.3, 0.4) is 0 Å². The van der Waals surface area contributed by atoms with Gasteiger partial charge in [0.1, 0.15) is 0 Å². The number of hydrogen-bond acceptors (Lipinski definition) is 1. The largest absolute Gasteiger partial charge is 0.416 e. The van der Waals surface area contributed by atoms with Gasteiger partial charge in [-0.25, -0.2) is 0 Å². The minimum atomic E-state index is -4.39. The van der Waals surface area contributed by atoms with Crippen LogP contribution in [0.2, 0.25) is 0 Å². The third-order valence-electron chi connectivity index (χ3n) is 3.26. The molecule has 0 aliphatic rings. The molecule has 0 spiro atoms. The molecule has 21 heavy (non-hydrogen) atoms. The van der Waals surface area contributed by atoms with Gasteiger partial charge in [-0.1, -0.05) is 0 Å². The van der Waals surface area contributed by atoms with Crippen molar-refractivity contribution < 1.29 is 18.0 Å². The molecule has 0 atom stereocenters. The van der Waals surface area contributed by atoms with Gasteiger partial charge in [0.2, 0.25) is 0 Å². The first kappa shape index (κ1) is 15.2. The van der Waals surface area contributed by atoms with Crippen LogP contribution in [0.4, 0.5) is 13.2 Å². The second kappa shape index (κ2) is 5.63. The Balaban J connectivity index is 2.11. The van der Waals surface area contributed by atoms with Gasteiger partial charge in [0.25, 0.3) is 5.91 Å². The lowest BCUT2D eigenvalue weighted by atomic mass is 10.1. The van der Waals surface area contributed by atoms with Crippen molar-refractivity contribution in [2.75, 3.05) is 7.05 Å². The Kier molecular flexibility index (Phi) is 4.06. The summed E-state index contributed by atoms with van der Waals surface area (Å²) in [4.78, 5) is 13.6. The first-order valence-electron chi connectivity index (χ1n) is 6.32. The molecule has 112 valence electrons. The van der Waals surface area contributed by atoms with Gasteiger partial charge in [-0.15, -0.1) is 0 Å². The molecule has 0 radical (unpaired) electrons. The number of alkyl halides is 3. The number of rotatable bonds is 3. The van der Waals surface area contributed by atoms with Crippen LogP contribution in [0.5, 0.6) is 0 Å². The molecular formula is C15H15F3N2O. The number of aromatic nitrogens is 1. The van der Waals surface area contributed by atoms with Crippen LogP contribution in [-0.4, -0.2) is 22.4 Å². The average Bonchev–Trinajstić information content (AvgIpc) is 2.82. The molecule has 0 aliphatic heterocycles. The molecule has 2 rings (SSSR count). The highest BCUT2D eigenvalue weighted by molar-refractivity contribution is 5.94. The monoisotopic (exact) mass is 296 g/mol. The van der Waals surface area contributed by atoms with Crippen LogP contribution >= 0.6 is 0 Å². The average molecular weight is 296 g/mol. The van der Waals surface area contributed by atoms with E-state index in [-0.39, 0.29) is 11.5 Å². The zero-order chi connectivity index (χ0) is 15.6. The van der Waals surface area contributed by atoms with Gasteiger partial charge in [0, 0.05) is 31.5 Å². The predicted molar refractivity (Wildman–Crippen MR) is 72.7 cm³/mol. The van der Waals surface area contributed by atoms with Crippen LogP contribution in [0.25, 0.3) is 0 Å². The Morgan fingerprint density at radius 1 is 1.19 bits per heavy atom. The number of amides is 1. The Bertz CT molecular complexity index is 629. The van der Waals surface area contributed by atoms with E-state index in [0.717, 1.165) is 17.8 Å². The van der Waals surface area contributed by atoms with Crippen molar-refractivity contribution >= 4 is 5.91 Å². The maximum absolute atomic E-state index is 12.5. The smallest absolute Gasteiger partial charge is 0.353 e. The highest BCUT2D eigenvalue weighted by Crippen LogP contribution is 2.29. The van der Waals surface area contributed by atoms with Crippen molar-refractivity contribution in [2.24, 2.45) is 7.05 Å². The summed E-state index contributed by atoms with van der Waals surface area (Å²) in [6, 6.07) is 7.99. The Morgan fingerprint density at radius 2 is 1.81 bits per heavy atom. The highest BCUT2D eigenvalue weighted by Gasteiger charge is 2.30. The standard InChI is InChI=1S/C15H15F3N2O/c1-19-9-3-4-13(19)10-20(2)14(21)11-5-7-12(8-6-11)15(16,17)18/h3-9H,10H2,1-2H3. The topological polar surface area (TPSA) is 25.2 Å². The third-order valence-corrected chi connectivity index (χ3v) is 3.26. The lowest BCUT2D eigenvalue weighted by Crippen LogP contribution is -2.27. The van der Waals surface area contributed by atoms with E-state index >= 15 is 0 Å². The van der Waals surface area contributed by atoms with Crippen molar-refractivity contribution in [1.82, 2.24) is 9.47 Å². The summed E-state index contributed by atoms with van der Waals surface area (Å²) in [5.41, 5.74) is 0.418. The second-order valence-electron chi connectivity index (χ2n) is 4.85. The summed E-state index contributed by atoms with van der Waals surface area (Å²) in [5.74, 6) is -0.315. The summed E-state index contributed by atoms with van der Waals surface area (Å²) in [5, 5.41) is 0. The van der Waals surface area contributed by atoms with E-state index in [1.807, 2.05) is 29.9 Å². The van der Waals surface area contributed by atoms with Gasteiger partial charge in [-0.05, 0) is 36.4 Å². The van der Waals surface area contributed by atoms with Crippen molar-refractivity contribution in [3.05, 3.63) is 59.4 Å². The van der Waals surface area contributed by atoms with Crippen LogP contribution in [-0.2, 0) is 19.8 Å². The van der Waals surface area contributed by atoms with E-state index in [1.165, 1.54) is 17.0 Å². The summed E-state index contributed by atoms with van der Waals surface area (Å²) in [6.07, 6.45) is -2.53. The summed E-state index contributed by atoms with van der Waals surface area (Å²) in [7, 11) is 3.48. The molecule has 6 heteroatoms. The van der Waals surface area contributed by atoms with E-state index in [2.05, 4.69) is 0 Å². The molecule has 0 bridgehead atoms. The van der Waals surface area contributed by atoms with Crippen molar-refractivity contribution in [2.45, 2.75) is 12.7 Å². The molecule has 1 heterocycles. The zero-order valence-electron chi connectivity index (χ0n) is 11.7. The number of halogens is 3. The van der Waals surface area contributed by atoms with Gasteiger partial charge in [0.15, 0.2) is 0 Å². The summed E-state index contributed by atoms with van der Waals surface area (Å²) < 4.78 is 39.3. The highest BCUT2D eigenvalue weighted by atomic mass is 19.4. The molecule has 0 fully saturated rings. The van der Waals surface area contributed by atoms with Crippen molar-refractivity contribution in [3.8, 4) is 0 Å². The molecule has 0 aliphatic carbocycles. The minimum absolute atomic E-state index is 0.236. The van der Waals surface area contributed by atoms with Gasteiger partial charge in [-0.2, -0.15) is 13.2 Å². The van der Waals surface area contributed by atoms with E-state index < -0.39 is 11.7 Å². The quantitative estimate of drug-likeness (QED) is 0.853. The molecule has 3 nitrogen and oxygen atoms in total. The van der Waals surface area contributed by atoms with Gasteiger partial charge in [-0.3, -0.25) is 4.79 Å². The maximum atomic E-state index is 12.5. The molecule has 0 unspecified atom stereocenters. The lowest BCUT2D eigenvalue weighted by Gasteiger charge is -2.18. The maximum Gasteiger partial charge on any atom is 0.416 e. The first-order valence-corrected chi connectivity index (χ1v) is 6.32. The molecule has 0 N–H and O–H groups in total. The molecular weight excluding hydrogens is 281 g/mol. The number of hydrogen-bond donors (Lipinski definition) is 0. The van der Waals surface area contributed by atoms with Crippen LogP contribution < -0.4 is 0 Å². The molecule has 1 aromatic carbocycles. The Labute approximate surface area is 120 Å². The number of carbonyl (C=O) groups excluding carboxylic acids is 1. The van der Waals surface area contributed by atoms with Gasteiger partial charge in [0.05, 0.1) is 12.1 Å². The lowest BCUT2D eigenvalue weighted by molar-refractivity contribution is -0.137. The predicted octanol–water partition coefficient (Wildman–Crippen LogP) is 3.32. The summed E-state index contributed by atoms with van der Waals surface area (Å²) in [6.45, 7) is 0.392. The fourth-order valence-electron chi connectivity index (χ4n) is 2.00.